The monoisotopic (exact) mass is 263 g/mol. The Labute approximate surface area is 117 Å². The molecule has 0 aromatic rings. The van der Waals surface area contributed by atoms with Gasteiger partial charge < -0.3 is 5.11 Å². The van der Waals surface area contributed by atoms with E-state index in [2.05, 4.69) is 4.90 Å². The Balaban J connectivity index is 1.49. The number of likely N-dealkylation sites (tertiary alicyclic amines) is 1. The molecule has 4 saturated carbocycles. The molecule has 0 spiro atoms. The Morgan fingerprint density at radius 1 is 0.947 bits per heavy atom. The zero-order valence-electron chi connectivity index (χ0n) is 12.2. The van der Waals surface area contributed by atoms with Gasteiger partial charge in [-0.1, -0.05) is 6.42 Å². The third-order valence-corrected chi connectivity index (χ3v) is 6.66. The number of piperidine rings is 1. The van der Waals surface area contributed by atoms with Crippen molar-refractivity contribution in [2.24, 2.45) is 23.2 Å². The van der Waals surface area contributed by atoms with Crippen LogP contribution in [0.1, 0.15) is 57.8 Å². The molecule has 0 amide bonds. The minimum absolute atomic E-state index is 0.381. The summed E-state index contributed by atoms with van der Waals surface area (Å²) >= 11 is 0. The van der Waals surface area contributed by atoms with Crippen LogP contribution in [0.25, 0.3) is 0 Å². The van der Waals surface area contributed by atoms with Gasteiger partial charge in [0.25, 0.3) is 0 Å². The Morgan fingerprint density at radius 3 is 2.16 bits per heavy atom. The van der Waals surface area contributed by atoms with Crippen LogP contribution in [0.2, 0.25) is 0 Å². The summed E-state index contributed by atoms with van der Waals surface area (Å²) in [7, 11) is 0. The SMILES string of the molecule is OCC1CCCCN1CC12CC3CC(CC(C3)C1)C2. The quantitative estimate of drug-likeness (QED) is 0.846. The number of aliphatic hydroxyl groups excluding tert-OH is 1. The number of hydrogen-bond acceptors (Lipinski definition) is 2. The standard InChI is InChI=1S/C17H29NO/c19-11-16-3-1-2-4-18(16)12-17-8-13-5-14(9-17)7-15(6-13)10-17/h13-16,19H,1-12H2. The maximum absolute atomic E-state index is 9.63. The zero-order valence-corrected chi connectivity index (χ0v) is 12.2. The third kappa shape index (κ3) is 2.25. The van der Waals surface area contributed by atoms with Crippen LogP contribution in [0.15, 0.2) is 0 Å². The van der Waals surface area contributed by atoms with Crippen molar-refractivity contribution in [3.05, 3.63) is 0 Å². The van der Waals surface area contributed by atoms with Crippen molar-refractivity contribution < 1.29 is 5.11 Å². The van der Waals surface area contributed by atoms with Gasteiger partial charge in [-0.3, -0.25) is 4.90 Å². The van der Waals surface area contributed by atoms with Crippen molar-refractivity contribution in [2.75, 3.05) is 19.7 Å². The summed E-state index contributed by atoms with van der Waals surface area (Å²) in [6.07, 6.45) is 13.1. The molecule has 1 aliphatic heterocycles. The summed E-state index contributed by atoms with van der Waals surface area (Å²) < 4.78 is 0. The predicted molar refractivity (Wildman–Crippen MR) is 76.9 cm³/mol. The number of nitrogens with zero attached hydrogens (tertiary/aromatic N) is 1. The van der Waals surface area contributed by atoms with Gasteiger partial charge in [-0.2, -0.15) is 0 Å². The lowest BCUT2D eigenvalue weighted by Crippen LogP contribution is -2.54. The molecule has 2 nitrogen and oxygen atoms in total. The fraction of sp³-hybridized carbons (Fsp3) is 1.00. The van der Waals surface area contributed by atoms with Gasteiger partial charge in [0.15, 0.2) is 0 Å². The smallest absolute Gasteiger partial charge is 0.0586 e. The lowest BCUT2D eigenvalue weighted by molar-refractivity contribution is -0.0808. The van der Waals surface area contributed by atoms with E-state index in [0.29, 0.717) is 18.1 Å². The molecular formula is C17H29NO. The zero-order chi connectivity index (χ0) is 12.9. The first-order valence-corrected chi connectivity index (χ1v) is 8.61. The highest BCUT2D eigenvalue weighted by atomic mass is 16.3. The van der Waals surface area contributed by atoms with Crippen molar-refractivity contribution >= 4 is 0 Å². The maximum atomic E-state index is 9.63. The third-order valence-electron chi connectivity index (χ3n) is 6.66. The topological polar surface area (TPSA) is 23.5 Å². The van der Waals surface area contributed by atoms with Crippen LogP contribution >= 0.6 is 0 Å². The van der Waals surface area contributed by atoms with E-state index in [1.807, 2.05) is 0 Å². The maximum Gasteiger partial charge on any atom is 0.0586 e. The van der Waals surface area contributed by atoms with Crippen molar-refractivity contribution in [2.45, 2.75) is 63.8 Å². The van der Waals surface area contributed by atoms with E-state index >= 15 is 0 Å². The van der Waals surface area contributed by atoms with Gasteiger partial charge in [-0.05, 0) is 81.1 Å². The Hall–Kier alpha value is -0.0800. The van der Waals surface area contributed by atoms with E-state index in [9.17, 15) is 5.11 Å². The number of rotatable bonds is 3. The second-order valence-corrected chi connectivity index (χ2v) is 8.22. The summed E-state index contributed by atoms with van der Waals surface area (Å²) in [5.41, 5.74) is 0.652. The average Bonchev–Trinajstić information content (AvgIpc) is 2.37. The van der Waals surface area contributed by atoms with Gasteiger partial charge >= 0.3 is 0 Å². The molecule has 2 heteroatoms. The van der Waals surface area contributed by atoms with Gasteiger partial charge in [-0.25, -0.2) is 0 Å². The van der Waals surface area contributed by atoms with E-state index in [-0.39, 0.29) is 0 Å². The minimum atomic E-state index is 0.381. The van der Waals surface area contributed by atoms with E-state index < -0.39 is 0 Å². The predicted octanol–water partition coefficient (Wildman–Crippen LogP) is 3.05. The van der Waals surface area contributed by atoms with Crippen LogP contribution in [0.5, 0.6) is 0 Å². The molecule has 0 radical (unpaired) electrons. The molecule has 1 N–H and O–H groups in total. The molecule has 1 heterocycles. The van der Waals surface area contributed by atoms with E-state index in [1.165, 1.54) is 51.6 Å². The summed E-state index contributed by atoms with van der Waals surface area (Å²) in [6.45, 7) is 2.93. The molecule has 1 unspecified atom stereocenters. The molecule has 5 aliphatic rings. The molecule has 108 valence electrons. The van der Waals surface area contributed by atoms with Gasteiger partial charge in [0.1, 0.15) is 0 Å². The van der Waals surface area contributed by atoms with Crippen LogP contribution in [0, 0.1) is 23.2 Å². The number of aliphatic hydroxyl groups is 1. The van der Waals surface area contributed by atoms with Gasteiger partial charge in [0, 0.05) is 12.6 Å². The summed E-state index contributed by atoms with van der Waals surface area (Å²) in [5.74, 6) is 3.18. The normalized spacial score (nSPS) is 49.7. The second-order valence-electron chi connectivity index (χ2n) is 8.22. The summed E-state index contributed by atoms with van der Waals surface area (Å²) in [6, 6.07) is 0.474. The lowest BCUT2D eigenvalue weighted by Gasteiger charge is -2.58. The molecule has 0 aromatic heterocycles. The Kier molecular flexibility index (Phi) is 3.15. The summed E-state index contributed by atoms with van der Waals surface area (Å²) in [5, 5.41) is 9.63. The molecule has 5 rings (SSSR count). The second kappa shape index (κ2) is 4.73. The van der Waals surface area contributed by atoms with Crippen LogP contribution in [0.4, 0.5) is 0 Å². The Bertz CT molecular complexity index is 305. The molecule has 5 fully saturated rings. The van der Waals surface area contributed by atoms with Gasteiger partial charge in [0.2, 0.25) is 0 Å². The van der Waals surface area contributed by atoms with Crippen LogP contribution in [0.3, 0.4) is 0 Å². The van der Waals surface area contributed by atoms with Crippen molar-refractivity contribution in [1.29, 1.82) is 0 Å². The molecule has 1 saturated heterocycles. The molecule has 1 atom stereocenters. The number of hydrogen-bond donors (Lipinski definition) is 1. The highest BCUT2D eigenvalue weighted by Gasteiger charge is 2.51. The van der Waals surface area contributed by atoms with E-state index in [0.717, 1.165) is 17.8 Å². The fourth-order valence-electron chi connectivity index (χ4n) is 6.39. The van der Waals surface area contributed by atoms with Crippen LogP contribution in [-0.2, 0) is 0 Å². The molecule has 4 aliphatic carbocycles. The summed E-state index contributed by atoms with van der Waals surface area (Å²) in [4.78, 5) is 2.66. The van der Waals surface area contributed by atoms with E-state index in [1.54, 1.807) is 19.3 Å². The minimum Gasteiger partial charge on any atom is -0.395 e. The Morgan fingerprint density at radius 2 is 1.58 bits per heavy atom. The molecule has 4 bridgehead atoms. The van der Waals surface area contributed by atoms with E-state index in [4.69, 9.17) is 0 Å². The van der Waals surface area contributed by atoms with Gasteiger partial charge in [-0.15, -0.1) is 0 Å². The molecule has 19 heavy (non-hydrogen) atoms. The fourth-order valence-corrected chi connectivity index (χ4v) is 6.39. The first-order valence-electron chi connectivity index (χ1n) is 8.61. The molecular weight excluding hydrogens is 234 g/mol. The van der Waals surface area contributed by atoms with Crippen LogP contribution in [-0.4, -0.2) is 35.7 Å². The highest BCUT2D eigenvalue weighted by molar-refractivity contribution is 5.03. The average molecular weight is 263 g/mol. The van der Waals surface area contributed by atoms with Crippen molar-refractivity contribution in [3.63, 3.8) is 0 Å². The first-order chi connectivity index (χ1) is 9.26. The molecule has 0 aromatic carbocycles. The highest BCUT2D eigenvalue weighted by Crippen LogP contribution is 2.60. The van der Waals surface area contributed by atoms with Crippen molar-refractivity contribution in [1.82, 2.24) is 4.90 Å². The lowest BCUT2D eigenvalue weighted by atomic mass is 9.49. The largest absolute Gasteiger partial charge is 0.395 e. The van der Waals surface area contributed by atoms with Gasteiger partial charge in [0.05, 0.1) is 6.61 Å². The van der Waals surface area contributed by atoms with Crippen molar-refractivity contribution in [3.8, 4) is 0 Å². The first kappa shape index (κ1) is 12.6. The van der Waals surface area contributed by atoms with Crippen LogP contribution < -0.4 is 0 Å².